The van der Waals surface area contributed by atoms with Crippen LogP contribution in [0.2, 0.25) is 10.0 Å². The number of aromatic nitrogens is 2. The van der Waals surface area contributed by atoms with E-state index >= 15 is 0 Å². The third-order valence-electron chi connectivity index (χ3n) is 3.53. The number of carbonyl (C=O) groups is 1. The molecular formula is C17H16Cl2N4O2. The second kappa shape index (κ2) is 7.72. The van der Waals surface area contributed by atoms with Gasteiger partial charge in [0.1, 0.15) is 11.6 Å². The summed E-state index contributed by atoms with van der Waals surface area (Å²) in [6.45, 7) is 2.85. The van der Waals surface area contributed by atoms with E-state index in [2.05, 4.69) is 20.6 Å². The molecule has 0 aliphatic heterocycles. The summed E-state index contributed by atoms with van der Waals surface area (Å²) >= 11 is 12.3. The van der Waals surface area contributed by atoms with E-state index in [0.717, 1.165) is 5.39 Å². The Morgan fingerprint density at radius 1 is 1.24 bits per heavy atom. The molecule has 0 unspecified atom stereocenters. The Bertz CT molecular complexity index is 897. The highest BCUT2D eigenvalue weighted by atomic mass is 35.5. The number of aryl methyl sites for hydroxylation is 1. The lowest BCUT2D eigenvalue weighted by atomic mass is 10.2. The van der Waals surface area contributed by atoms with Gasteiger partial charge in [-0.2, -0.15) is 0 Å². The van der Waals surface area contributed by atoms with Gasteiger partial charge in [-0.15, -0.1) is 0 Å². The first-order chi connectivity index (χ1) is 12.1. The highest BCUT2D eigenvalue weighted by Crippen LogP contribution is 2.30. The highest BCUT2D eigenvalue weighted by Gasteiger charge is 2.12. The van der Waals surface area contributed by atoms with Crippen molar-refractivity contribution in [3.05, 3.63) is 52.2 Å². The Morgan fingerprint density at radius 2 is 2.08 bits per heavy atom. The highest BCUT2D eigenvalue weighted by molar-refractivity contribution is 6.38. The average Bonchev–Trinajstić information content (AvgIpc) is 3.13. The summed E-state index contributed by atoms with van der Waals surface area (Å²) in [6, 6.07) is 6.70. The van der Waals surface area contributed by atoms with Gasteiger partial charge in [0.25, 0.3) is 5.91 Å². The van der Waals surface area contributed by atoms with Crippen molar-refractivity contribution in [1.82, 2.24) is 15.3 Å². The first-order valence-corrected chi connectivity index (χ1v) is 8.55. The van der Waals surface area contributed by atoms with Gasteiger partial charge in [0, 0.05) is 29.9 Å². The van der Waals surface area contributed by atoms with Crippen LogP contribution in [0.25, 0.3) is 10.9 Å². The van der Waals surface area contributed by atoms with E-state index in [-0.39, 0.29) is 11.7 Å². The van der Waals surface area contributed by atoms with E-state index in [0.29, 0.717) is 46.7 Å². The fourth-order valence-corrected chi connectivity index (χ4v) is 2.88. The monoisotopic (exact) mass is 378 g/mol. The predicted octanol–water partition coefficient (Wildman–Crippen LogP) is 3.93. The minimum absolute atomic E-state index is 0.264. The zero-order valence-electron chi connectivity index (χ0n) is 13.5. The van der Waals surface area contributed by atoms with Crippen molar-refractivity contribution in [2.75, 3.05) is 18.4 Å². The number of nitrogens with zero attached hydrogens (tertiary/aromatic N) is 2. The van der Waals surface area contributed by atoms with E-state index < -0.39 is 0 Å². The summed E-state index contributed by atoms with van der Waals surface area (Å²) in [5.74, 6) is 1.33. The van der Waals surface area contributed by atoms with Crippen molar-refractivity contribution >= 4 is 45.8 Å². The number of hydrogen-bond donors (Lipinski definition) is 2. The third-order valence-corrected chi connectivity index (χ3v) is 4.04. The molecule has 2 heterocycles. The molecular weight excluding hydrogens is 363 g/mol. The Balaban J connectivity index is 1.73. The Labute approximate surface area is 154 Å². The topological polar surface area (TPSA) is 80.0 Å². The predicted molar refractivity (Wildman–Crippen MR) is 98.5 cm³/mol. The maximum atomic E-state index is 11.8. The van der Waals surface area contributed by atoms with E-state index in [9.17, 15) is 4.79 Å². The zero-order chi connectivity index (χ0) is 17.8. The molecule has 6 nitrogen and oxygen atoms in total. The van der Waals surface area contributed by atoms with E-state index in [1.807, 2.05) is 6.92 Å². The molecule has 130 valence electrons. The van der Waals surface area contributed by atoms with Crippen molar-refractivity contribution < 1.29 is 9.21 Å². The lowest BCUT2D eigenvalue weighted by Gasteiger charge is -2.12. The van der Waals surface area contributed by atoms with Gasteiger partial charge in [0.2, 0.25) is 0 Å². The molecule has 3 rings (SSSR count). The molecule has 25 heavy (non-hydrogen) atoms. The molecule has 1 amide bonds. The minimum atomic E-state index is -0.264. The molecule has 0 fully saturated rings. The molecule has 2 aromatic heterocycles. The number of hydrogen-bond acceptors (Lipinski definition) is 5. The fraction of sp³-hybridized carbons (Fsp3) is 0.235. The summed E-state index contributed by atoms with van der Waals surface area (Å²) in [6.07, 6.45) is 2.14. The van der Waals surface area contributed by atoms with Crippen LogP contribution >= 0.6 is 23.2 Å². The largest absolute Gasteiger partial charge is 0.459 e. The second-order valence-electron chi connectivity index (χ2n) is 5.29. The van der Waals surface area contributed by atoms with Crippen molar-refractivity contribution in [1.29, 1.82) is 0 Å². The zero-order valence-corrected chi connectivity index (χ0v) is 15.0. The van der Waals surface area contributed by atoms with Gasteiger partial charge in [0.05, 0.1) is 16.8 Å². The third kappa shape index (κ3) is 4.03. The summed E-state index contributed by atoms with van der Waals surface area (Å²) in [5.41, 5.74) is 0.653. The molecule has 8 heteroatoms. The Morgan fingerprint density at radius 3 is 2.80 bits per heavy atom. The van der Waals surface area contributed by atoms with Gasteiger partial charge < -0.3 is 15.1 Å². The normalized spacial score (nSPS) is 10.8. The van der Waals surface area contributed by atoms with Gasteiger partial charge in [-0.25, -0.2) is 9.97 Å². The molecule has 0 aliphatic carbocycles. The number of furan rings is 1. The number of carbonyl (C=O) groups excluding carboxylic acids is 1. The SMILES string of the molecule is CCc1nc(NCCNC(=O)c2ccco2)c2cc(Cl)cc(Cl)c2n1. The lowest BCUT2D eigenvalue weighted by Crippen LogP contribution is -2.28. The Hall–Kier alpha value is -2.31. The van der Waals surface area contributed by atoms with Crippen LogP contribution in [0.1, 0.15) is 23.3 Å². The van der Waals surface area contributed by atoms with Gasteiger partial charge in [-0.3, -0.25) is 4.79 Å². The van der Waals surface area contributed by atoms with Crippen molar-refractivity contribution in [2.24, 2.45) is 0 Å². The van der Waals surface area contributed by atoms with Crippen LogP contribution in [0, 0.1) is 0 Å². The number of anilines is 1. The molecule has 0 saturated heterocycles. The van der Waals surface area contributed by atoms with E-state index in [4.69, 9.17) is 27.6 Å². The Kier molecular flexibility index (Phi) is 5.40. The summed E-state index contributed by atoms with van der Waals surface area (Å²) in [5, 5.41) is 7.70. The first-order valence-electron chi connectivity index (χ1n) is 7.79. The summed E-state index contributed by atoms with van der Waals surface area (Å²) in [7, 11) is 0. The van der Waals surface area contributed by atoms with E-state index in [1.54, 1.807) is 24.3 Å². The van der Waals surface area contributed by atoms with Crippen LogP contribution in [-0.4, -0.2) is 29.0 Å². The van der Waals surface area contributed by atoms with E-state index in [1.165, 1.54) is 6.26 Å². The molecule has 2 N–H and O–H groups in total. The first kappa shape index (κ1) is 17.5. The average molecular weight is 379 g/mol. The lowest BCUT2D eigenvalue weighted by molar-refractivity contribution is 0.0927. The maximum Gasteiger partial charge on any atom is 0.287 e. The number of halogens is 2. The molecule has 3 aromatic rings. The number of nitrogens with one attached hydrogen (secondary N) is 2. The fourth-order valence-electron chi connectivity index (χ4n) is 2.35. The smallest absolute Gasteiger partial charge is 0.287 e. The van der Waals surface area contributed by atoms with Crippen molar-refractivity contribution in [3.8, 4) is 0 Å². The molecule has 0 radical (unpaired) electrons. The van der Waals surface area contributed by atoms with Crippen LogP contribution < -0.4 is 10.6 Å². The van der Waals surface area contributed by atoms with Crippen LogP contribution in [0.5, 0.6) is 0 Å². The molecule has 0 atom stereocenters. The summed E-state index contributed by atoms with van der Waals surface area (Å²) < 4.78 is 5.04. The number of benzene rings is 1. The van der Waals surface area contributed by atoms with Gasteiger partial charge >= 0.3 is 0 Å². The number of amides is 1. The van der Waals surface area contributed by atoms with Crippen LogP contribution in [0.15, 0.2) is 34.9 Å². The quantitative estimate of drug-likeness (QED) is 0.635. The molecule has 0 saturated carbocycles. The van der Waals surface area contributed by atoms with Crippen molar-refractivity contribution in [2.45, 2.75) is 13.3 Å². The van der Waals surface area contributed by atoms with Gasteiger partial charge in [-0.05, 0) is 24.3 Å². The molecule has 0 spiro atoms. The van der Waals surface area contributed by atoms with Crippen LogP contribution in [0.3, 0.4) is 0 Å². The number of fused-ring (bicyclic) bond motifs is 1. The second-order valence-corrected chi connectivity index (χ2v) is 6.13. The molecule has 0 aliphatic rings. The van der Waals surface area contributed by atoms with Gasteiger partial charge in [0.15, 0.2) is 5.76 Å². The molecule has 1 aromatic carbocycles. The maximum absolute atomic E-state index is 11.8. The standard InChI is InChI=1S/C17H16Cl2N4O2/c1-2-14-22-15-11(8-10(18)9-12(15)19)16(23-14)20-5-6-21-17(24)13-4-3-7-25-13/h3-4,7-9H,2,5-6H2,1H3,(H,21,24)(H,20,22,23). The minimum Gasteiger partial charge on any atom is -0.459 e. The van der Waals surface area contributed by atoms with Crippen molar-refractivity contribution in [3.63, 3.8) is 0 Å². The molecule has 0 bridgehead atoms. The van der Waals surface area contributed by atoms with Crippen LogP contribution in [-0.2, 0) is 6.42 Å². The van der Waals surface area contributed by atoms with Gasteiger partial charge in [-0.1, -0.05) is 30.1 Å². The van der Waals surface area contributed by atoms with Crippen LogP contribution in [0.4, 0.5) is 5.82 Å². The number of rotatable bonds is 6. The summed E-state index contributed by atoms with van der Waals surface area (Å²) in [4.78, 5) is 20.8.